The Morgan fingerprint density at radius 2 is 1.82 bits per heavy atom. The van der Waals surface area contributed by atoms with Crippen molar-refractivity contribution in [2.75, 3.05) is 37.9 Å². The van der Waals surface area contributed by atoms with Gasteiger partial charge in [0.1, 0.15) is 17.7 Å². The normalized spacial score (nSPS) is 13.3. The molecule has 0 aliphatic carbocycles. The Morgan fingerprint density at radius 1 is 1.11 bits per heavy atom. The quantitative estimate of drug-likeness (QED) is 0.584. The number of fused-ring (bicyclic) bond motifs is 1. The van der Waals surface area contributed by atoms with Gasteiger partial charge in [-0.1, -0.05) is 23.2 Å². The van der Waals surface area contributed by atoms with E-state index in [1.54, 1.807) is 6.07 Å². The molecule has 0 fully saturated rings. The number of rotatable bonds is 9. The van der Waals surface area contributed by atoms with Gasteiger partial charge >= 0.3 is 0 Å². The lowest BCUT2D eigenvalue weighted by Gasteiger charge is -2.22. The van der Waals surface area contributed by atoms with Crippen molar-refractivity contribution < 1.29 is 14.2 Å². The lowest BCUT2D eigenvalue weighted by Crippen LogP contribution is -2.29. The third-order valence-corrected chi connectivity index (χ3v) is 4.93. The molecule has 0 N–H and O–H groups in total. The first-order valence-electron chi connectivity index (χ1n) is 9.45. The van der Waals surface area contributed by atoms with E-state index in [0.717, 1.165) is 30.0 Å². The zero-order valence-electron chi connectivity index (χ0n) is 16.4. The molecule has 0 saturated heterocycles. The molecule has 1 aliphatic heterocycles. The van der Waals surface area contributed by atoms with E-state index >= 15 is 0 Å². The molecule has 0 saturated carbocycles. The van der Waals surface area contributed by atoms with Crippen LogP contribution in [-0.2, 0) is 15.9 Å². The predicted octanol–water partition coefficient (Wildman–Crippen LogP) is 4.61. The van der Waals surface area contributed by atoms with Crippen LogP contribution in [-0.4, -0.2) is 49.0 Å². The van der Waals surface area contributed by atoms with E-state index in [0.29, 0.717) is 48.2 Å². The highest BCUT2D eigenvalue weighted by Crippen LogP contribution is 2.40. The molecule has 0 radical (unpaired) electrons. The van der Waals surface area contributed by atoms with E-state index in [1.165, 1.54) is 0 Å². The fourth-order valence-corrected chi connectivity index (χ4v) is 3.64. The first-order valence-corrected chi connectivity index (χ1v) is 10.2. The van der Waals surface area contributed by atoms with Crippen LogP contribution in [0.4, 0.5) is 11.5 Å². The molecule has 3 rings (SSSR count). The fourth-order valence-electron chi connectivity index (χ4n) is 3.13. The monoisotopic (exact) mass is 425 g/mol. The minimum Gasteiger partial charge on any atom is -0.469 e. The Morgan fingerprint density at radius 3 is 2.46 bits per heavy atom. The van der Waals surface area contributed by atoms with Gasteiger partial charge in [0.2, 0.25) is 5.88 Å². The van der Waals surface area contributed by atoms with Crippen LogP contribution in [0.2, 0.25) is 10.0 Å². The number of ether oxygens (including phenoxy) is 3. The van der Waals surface area contributed by atoms with Gasteiger partial charge in [-0.2, -0.15) is 4.98 Å². The number of benzene rings is 1. The van der Waals surface area contributed by atoms with Gasteiger partial charge in [0.25, 0.3) is 0 Å². The molecule has 0 spiro atoms. The standard InChI is InChI=1S/C20H25Cl2N3O3/c1-4-26-11-15(12-27-5-2)28-20-16-8-9-25(19(16)23-13(3)24-20)18-7-6-14(21)10-17(18)22/h6-7,10,15H,4-5,8-9,11-12H2,1-3H3. The molecule has 6 nitrogen and oxygen atoms in total. The molecule has 8 heteroatoms. The maximum Gasteiger partial charge on any atom is 0.222 e. The topological polar surface area (TPSA) is 56.7 Å². The smallest absolute Gasteiger partial charge is 0.222 e. The molecule has 0 atom stereocenters. The summed E-state index contributed by atoms with van der Waals surface area (Å²) in [6.45, 7) is 8.64. The predicted molar refractivity (Wildman–Crippen MR) is 111 cm³/mol. The number of hydrogen-bond acceptors (Lipinski definition) is 6. The van der Waals surface area contributed by atoms with Crippen LogP contribution < -0.4 is 9.64 Å². The lowest BCUT2D eigenvalue weighted by molar-refractivity contribution is -0.00261. The van der Waals surface area contributed by atoms with Crippen LogP contribution in [0.3, 0.4) is 0 Å². The summed E-state index contributed by atoms with van der Waals surface area (Å²) in [6.07, 6.45) is 0.534. The number of aryl methyl sites for hydroxylation is 1. The van der Waals surface area contributed by atoms with E-state index < -0.39 is 0 Å². The highest BCUT2D eigenvalue weighted by molar-refractivity contribution is 6.36. The average Bonchev–Trinajstić information content (AvgIpc) is 3.07. The number of anilines is 2. The van der Waals surface area contributed by atoms with Crippen molar-refractivity contribution in [1.82, 2.24) is 9.97 Å². The summed E-state index contributed by atoms with van der Waals surface area (Å²) < 4.78 is 17.3. The van der Waals surface area contributed by atoms with Crippen molar-refractivity contribution in [1.29, 1.82) is 0 Å². The molecular weight excluding hydrogens is 401 g/mol. The van der Waals surface area contributed by atoms with Gasteiger partial charge < -0.3 is 19.1 Å². The van der Waals surface area contributed by atoms with E-state index in [4.69, 9.17) is 37.4 Å². The molecule has 2 heterocycles. The fraction of sp³-hybridized carbons (Fsp3) is 0.500. The summed E-state index contributed by atoms with van der Waals surface area (Å²) in [4.78, 5) is 11.3. The van der Waals surface area contributed by atoms with E-state index in [9.17, 15) is 0 Å². The minimum absolute atomic E-state index is 0.230. The van der Waals surface area contributed by atoms with E-state index in [-0.39, 0.29) is 6.10 Å². The second kappa shape index (κ2) is 9.74. The molecule has 28 heavy (non-hydrogen) atoms. The van der Waals surface area contributed by atoms with Gasteiger partial charge in [-0.25, -0.2) is 4.98 Å². The second-order valence-electron chi connectivity index (χ2n) is 6.43. The summed E-state index contributed by atoms with van der Waals surface area (Å²) in [5, 5.41) is 1.19. The van der Waals surface area contributed by atoms with Crippen LogP contribution in [0.25, 0.3) is 0 Å². The second-order valence-corrected chi connectivity index (χ2v) is 7.28. The van der Waals surface area contributed by atoms with Crippen molar-refractivity contribution >= 4 is 34.7 Å². The average molecular weight is 426 g/mol. The Balaban J connectivity index is 1.89. The molecule has 152 valence electrons. The number of aromatic nitrogens is 2. The van der Waals surface area contributed by atoms with Gasteiger partial charge in [0, 0.05) is 24.8 Å². The molecule has 2 aromatic rings. The van der Waals surface area contributed by atoms with Crippen LogP contribution >= 0.6 is 23.2 Å². The Kier molecular flexibility index (Phi) is 7.35. The van der Waals surface area contributed by atoms with Crippen molar-refractivity contribution in [3.63, 3.8) is 0 Å². The summed E-state index contributed by atoms with van der Waals surface area (Å²) in [7, 11) is 0. The maximum atomic E-state index is 6.42. The highest BCUT2D eigenvalue weighted by atomic mass is 35.5. The number of hydrogen-bond donors (Lipinski definition) is 0. The molecule has 0 unspecified atom stereocenters. The van der Waals surface area contributed by atoms with E-state index in [2.05, 4.69) is 14.9 Å². The molecular formula is C20H25Cl2N3O3. The Labute approximate surface area is 175 Å². The van der Waals surface area contributed by atoms with Crippen molar-refractivity contribution in [3.8, 4) is 5.88 Å². The summed E-state index contributed by atoms with van der Waals surface area (Å²) >= 11 is 12.5. The summed E-state index contributed by atoms with van der Waals surface area (Å²) in [5.41, 5.74) is 1.84. The maximum absolute atomic E-state index is 6.42. The van der Waals surface area contributed by atoms with Crippen molar-refractivity contribution in [3.05, 3.63) is 39.6 Å². The van der Waals surface area contributed by atoms with Crippen LogP contribution in [0.15, 0.2) is 18.2 Å². The summed E-state index contributed by atoms with van der Waals surface area (Å²) in [6, 6.07) is 5.47. The van der Waals surface area contributed by atoms with Gasteiger partial charge in [-0.3, -0.25) is 0 Å². The lowest BCUT2D eigenvalue weighted by atomic mass is 10.2. The third kappa shape index (κ3) is 4.87. The van der Waals surface area contributed by atoms with Crippen LogP contribution in [0.5, 0.6) is 5.88 Å². The minimum atomic E-state index is -0.230. The molecule has 1 aromatic carbocycles. The van der Waals surface area contributed by atoms with Gasteiger partial charge in [0.15, 0.2) is 0 Å². The van der Waals surface area contributed by atoms with Gasteiger partial charge in [0.05, 0.1) is 29.5 Å². The third-order valence-electron chi connectivity index (χ3n) is 4.39. The summed E-state index contributed by atoms with van der Waals surface area (Å²) in [5.74, 6) is 2.04. The SMILES string of the molecule is CCOCC(COCC)Oc1nc(C)nc2c1CCN2c1ccc(Cl)cc1Cl. The van der Waals surface area contributed by atoms with E-state index in [1.807, 2.05) is 32.9 Å². The Bertz CT molecular complexity index is 812. The zero-order chi connectivity index (χ0) is 20.1. The number of nitrogens with zero attached hydrogens (tertiary/aromatic N) is 3. The molecule has 1 aliphatic rings. The number of halogens is 2. The largest absolute Gasteiger partial charge is 0.469 e. The van der Waals surface area contributed by atoms with Gasteiger partial charge in [-0.05, 0) is 45.4 Å². The van der Waals surface area contributed by atoms with Crippen molar-refractivity contribution in [2.24, 2.45) is 0 Å². The van der Waals surface area contributed by atoms with Gasteiger partial charge in [-0.15, -0.1) is 0 Å². The molecule has 0 amide bonds. The van der Waals surface area contributed by atoms with Crippen molar-refractivity contribution in [2.45, 2.75) is 33.3 Å². The van der Waals surface area contributed by atoms with Crippen LogP contribution in [0, 0.1) is 6.92 Å². The molecule has 0 bridgehead atoms. The first kappa shape index (κ1) is 21.1. The first-order chi connectivity index (χ1) is 13.5. The Hall–Kier alpha value is -1.60. The zero-order valence-corrected chi connectivity index (χ0v) is 17.9. The van der Waals surface area contributed by atoms with Crippen LogP contribution in [0.1, 0.15) is 25.2 Å². The highest BCUT2D eigenvalue weighted by Gasteiger charge is 2.29. The molecule has 1 aromatic heterocycles.